The van der Waals surface area contributed by atoms with Gasteiger partial charge < -0.3 is 9.84 Å². The van der Waals surface area contributed by atoms with Gasteiger partial charge in [-0.2, -0.15) is 5.10 Å². The maximum Gasteiger partial charge on any atom is 0.277 e. The number of nitro benzene ring substituents is 1. The predicted molar refractivity (Wildman–Crippen MR) is 94.4 cm³/mol. The molecule has 0 saturated carbocycles. The summed E-state index contributed by atoms with van der Waals surface area (Å²) in [6, 6.07) is 7.74. The molecule has 0 atom stereocenters. The molecule has 26 heavy (non-hydrogen) atoms. The highest BCUT2D eigenvalue weighted by Crippen LogP contribution is 2.26. The lowest BCUT2D eigenvalue weighted by atomic mass is 10.1. The number of hydrogen-bond donors (Lipinski definition) is 1. The van der Waals surface area contributed by atoms with Crippen LogP contribution in [-0.2, 0) is 4.79 Å². The Bertz CT molecular complexity index is 877. The van der Waals surface area contributed by atoms with Gasteiger partial charge in [0, 0.05) is 6.07 Å². The Morgan fingerprint density at radius 1 is 1.23 bits per heavy atom. The predicted octanol–water partition coefficient (Wildman–Crippen LogP) is 2.12. The molecule has 0 radical (unpaired) electrons. The number of rotatable bonds is 6. The van der Waals surface area contributed by atoms with Gasteiger partial charge in [-0.05, 0) is 48.8 Å². The first kappa shape index (κ1) is 18.9. The van der Waals surface area contributed by atoms with E-state index in [0.29, 0.717) is 5.75 Å². The zero-order valence-corrected chi connectivity index (χ0v) is 14.6. The largest absolute Gasteiger partial charge is 0.867 e. The second kappa shape index (κ2) is 8.11. The van der Waals surface area contributed by atoms with Crippen molar-refractivity contribution in [2.45, 2.75) is 20.8 Å². The van der Waals surface area contributed by atoms with Gasteiger partial charge in [-0.15, -0.1) is 0 Å². The Morgan fingerprint density at radius 2 is 1.92 bits per heavy atom. The number of hydrogen-bond acceptors (Lipinski definition) is 6. The number of nitrogens with one attached hydrogen (secondary N) is 1. The molecule has 1 N–H and O–H groups in total. The monoisotopic (exact) mass is 356 g/mol. The van der Waals surface area contributed by atoms with Gasteiger partial charge in [0.25, 0.3) is 11.6 Å². The minimum Gasteiger partial charge on any atom is -0.867 e. The topological polar surface area (TPSA) is 117 Å². The van der Waals surface area contributed by atoms with Crippen LogP contribution in [0.5, 0.6) is 11.5 Å². The average molecular weight is 356 g/mol. The highest BCUT2D eigenvalue weighted by molar-refractivity contribution is 5.86. The molecule has 0 fully saturated rings. The zero-order valence-electron chi connectivity index (χ0n) is 14.6. The van der Waals surface area contributed by atoms with E-state index in [2.05, 4.69) is 10.5 Å². The third-order valence-corrected chi connectivity index (χ3v) is 3.84. The molecule has 0 unspecified atom stereocenters. The number of hydrazone groups is 1. The molecule has 0 aliphatic carbocycles. The van der Waals surface area contributed by atoms with Crippen LogP contribution in [0.2, 0.25) is 0 Å². The highest BCUT2D eigenvalue weighted by Gasteiger charge is 2.10. The van der Waals surface area contributed by atoms with E-state index < -0.39 is 22.3 Å². The van der Waals surface area contributed by atoms with Crippen LogP contribution in [0.15, 0.2) is 35.4 Å². The van der Waals surface area contributed by atoms with Crippen molar-refractivity contribution in [3.63, 3.8) is 0 Å². The van der Waals surface area contributed by atoms with Gasteiger partial charge in [0.1, 0.15) is 5.75 Å². The summed E-state index contributed by atoms with van der Waals surface area (Å²) in [5.41, 5.74) is 4.61. The van der Waals surface area contributed by atoms with Crippen molar-refractivity contribution in [1.82, 2.24) is 5.43 Å². The van der Waals surface area contributed by atoms with Crippen LogP contribution < -0.4 is 15.3 Å². The number of para-hydroxylation sites is 1. The molecule has 136 valence electrons. The van der Waals surface area contributed by atoms with Gasteiger partial charge in [0.2, 0.25) is 0 Å². The molecular weight excluding hydrogens is 338 g/mol. The lowest BCUT2D eigenvalue weighted by molar-refractivity contribution is -0.398. The number of nitrogens with zero attached hydrogens (tertiary/aromatic N) is 2. The number of aryl methyl sites for hydroxylation is 2. The third-order valence-electron chi connectivity index (χ3n) is 3.84. The first-order valence-electron chi connectivity index (χ1n) is 7.77. The van der Waals surface area contributed by atoms with Crippen molar-refractivity contribution >= 4 is 17.8 Å². The molecule has 2 aromatic rings. The lowest BCUT2D eigenvalue weighted by Gasteiger charge is -2.13. The number of amides is 1. The van der Waals surface area contributed by atoms with E-state index in [1.165, 1.54) is 12.1 Å². The van der Waals surface area contributed by atoms with Crippen LogP contribution in [-0.4, -0.2) is 23.7 Å². The minimum absolute atomic E-state index is 0.00536. The lowest BCUT2D eigenvalue weighted by Crippen LogP contribution is -2.25. The average Bonchev–Trinajstić information content (AvgIpc) is 2.59. The maximum atomic E-state index is 11.8. The Labute approximate surface area is 150 Å². The Kier molecular flexibility index (Phi) is 5.90. The number of carbonyl (C=O) groups excluding carboxylic acids is 1. The smallest absolute Gasteiger partial charge is 0.277 e. The maximum absolute atomic E-state index is 11.8. The summed E-state index contributed by atoms with van der Waals surface area (Å²) in [4.78, 5) is 21.8. The van der Waals surface area contributed by atoms with Crippen LogP contribution in [0.3, 0.4) is 0 Å². The number of benzene rings is 2. The minimum atomic E-state index is -0.766. The molecule has 8 heteroatoms. The standard InChI is InChI=1S/C18H19N3O5/c1-11-7-8-12(2)18(13(11)3)26-10-16(22)20-19-9-14-5-4-6-15(17(14)23)21(24)25/h4-9,23H,10H2,1-3H3,(H,20,22)/p-1/b19-9-. The fourth-order valence-electron chi connectivity index (χ4n) is 2.28. The van der Waals surface area contributed by atoms with E-state index in [-0.39, 0.29) is 12.2 Å². The highest BCUT2D eigenvalue weighted by atomic mass is 16.6. The van der Waals surface area contributed by atoms with Crippen molar-refractivity contribution < 1.29 is 19.6 Å². The van der Waals surface area contributed by atoms with Gasteiger partial charge in [-0.1, -0.05) is 24.3 Å². The zero-order chi connectivity index (χ0) is 19.3. The molecule has 0 bridgehead atoms. The Hall–Kier alpha value is -3.42. The normalized spacial score (nSPS) is 10.7. The Balaban J connectivity index is 1.98. The fraction of sp³-hybridized carbons (Fsp3) is 0.222. The summed E-state index contributed by atoms with van der Waals surface area (Å²) in [5, 5.41) is 26.2. The van der Waals surface area contributed by atoms with Crippen molar-refractivity contribution in [2.24, 2.45) is 5.10 Å². The molecule has 0 aliphatic heterocycles. The number of carbonyl (C=O) groups is 1. The summed E-state index contributed by atoms with van der Waals surface area (Å²) < 4.78 is 5.55. The molecule has 1 amide bonds. The van der Waals surface area contributed by atoms with Gasteiger partial charge in [0.05, 0.1) is 11.1 Å². The van der Waals surface area contributed by atoms with Gasteiger partial charge in [-0.25, -0.2) is 5.43 Å². The summed E-state index contributed by atoms with van der Waals surface area (Å²) in [7, 11) is 0. The molecular formula is C18H18N3O5-. The molecule has 8 nitrogen and oxygen atoms in total. The molecule has 0 heterocycles. The van der Waals surface area contributed by atoms with E-state index >= 15 is 0 Å². The molecule has 2 rings (SSSR count). The first-order valence-corrected chi connectivity index (χ1v) is 7.77. The molecule has 0 aliphatic rings. The van der Waals surface area contributed by atoms with E-state index in [9.17, 15) is 20.0 Å². The second-order valence-corrected chi connectivity index (χ2v) is 5.69. The second-order valence-electron chi connectivity index (χ2n) is 5.69. The van der Waals surface area contributed by atoms with Crippen LogP contribution in [0.4, 0.5) is 5.69 Å². The summed E-state index contributed by atoms with van der Waals surface area (Å²) in [6.07, 6.45) is 1.07. The summed E-state index contributed by atoms with van der Waals surface area (Å²) in [6.45, 7) is 5.49. The first-order chi connectivity index (χ1) is 12.3. The van der Waals surface area contributed by atoms with Crippen molar-refractivity contribution in [3.8, 4) is 11.5 Å². The molecule has 2 aromatic carbocycles. The van der Waals surface area contributed by atoms with Crippen LogP contribution in [0, 0.1) is 30.9 Å². The molecule has 0 aromatic heterocycles. The van der Waals surface area contributed by atoms with Crippen LogP contribution in [0.25, 0.3) is 0 Å². The van der Waals surface area contributed by atoms with E-state index in [1.807, 2.05) is 32.9 Å². The number of nitro groups is 1. The quantitative estimate of drug-likeness (QED) is 0.483. The van der Waals surface area contributed by atoms with Crippen molar-refractivity contribution in [1.29, 1.82) is 0 Å². The number of ether oxygens (including phenoxy) is 1. The molecule has 0 spiro atoms. The van der Waals surface area contributed by atoms with E-state index in [1.54, 1.807) is 0 Å². The third kappa shape index (κ3) is 4.35. The van der Waals surface area contributed by atoms with Gasteiger partial charge >= 0.3 is 0 Å². The van der Waals surface area contributed by atoms with Crippen LogP contribution >= 0.6 is 0 Å². The summed E-state index contributed by atoms with van der Waals surface area (Å²) >= 11 is 0. The van der Waals surface area contributed by atoms with E-state index in [0.717, 1.165) is 29.0 Å². The van der Waals surface area contributed by atoms with Crippen molar-refractivity contribution in [3.05, 3.63) is 62.7 Å². The SMILES string of the molecule is Cc1ccc(C)c(OCC(=O)N/N=C\c2cccc([N+](=O)[O-])c2[O-])c1C. The van der Waals surface area contributed by atoms with Crippen molar-refractivity contribution in [2.75, 3.05) is 6.61 Å². The fourth-order valence-corrected chi connectivity index (χ4v) is 2.28. The van der Waals surface area contributed by atoms with Gasteiger partial charge in [0.15, 0.2) is 6.61 Å². The van der Waals surface area contributed by atoms with E-state index in [4.69, 9.17) is 4.74 Å². The van der Waals surface area contributed by atoms with Gasteiger partial charge in [-0.3, -0.25) is 14.9 Å². The molecule has 0 saturated heterocycles. The summed E-state index contributed by atoms with van der Waals surface area (Å²) in [5.74, 6) is -0.637. The Morgan fingerprint density at radius 3 is 2.62 bits per heavy atom. The van der Waals surface area contributed by atoms with Crippen LogP contribution in [0.1, 0.15) is 22.3 Å².